The molecule has 2 aromatic heterocycles. The van der Waals surface area contributed by atoms with E-state index in [0.29, 0.717) is 34.7 Å². The molecule has 0 unspecified atom stereocenters. The van der Waals surface area contributed by atoms with Gasteiger partial charge in [0.25, 0.3) is 0 Å². The van der Waals surface area contributed by atoms with Crippen LogP contribution in [0, 0.1) is 0 Å². The van der Waals surface area contributed by atoms with Gasteiger partial charge in [-0.25, -0.2) is 9.59 Å². The number of carbonyl (C=O) groups is 2. The molecule has 0 N–H and O–H groups in total. The summed E-state index contributed by atoms with van der Waals surface area (Å²) in [6.07, 6.45) is 14.5. The second kappa shape index (κ2) is 14.1. The maximum Gasteiger partial charge on any atom is 0.349 e. The number of esters is 2. The summed E-state index contributed by atoms with van der Waals surface area (Å²) in [5.41, 5.74) is 4.27. The normalized spacial score (nSPS) is 15.9. The molecule has 246 valence electrons. The average molecular weight is 643 g/mol. The zero-order chi connectivity index (χ0) is 33.0. The van der Waals surface area contributed by atoms with Crippen molar-refractivity contribution in [2.75, 3.05) is 6.61 Å². The van der Waals surface area contributed by atoms with E-state index in [4.69, 9.17) is 9.47 Å². The zero-order valence-electron chi connectivity index (χ0n) is 27.6. The van der Waals surface area contributed by atoms with Crippen molar-refractivity contribution in [1.29, 1.82) is 0 Å². The van der Waals surface area contributed by atoms with Crippen LogP contribution < -0.4 is 10.2 Å². The molecule has 0 atom stereocenters. The second-order valence-electron chi connectivity index (χ2n) is 13.3. The number of hydrogen-bond acceptors (Lipinski definition) is 6. The average Bonchev–Trinajstić information content (AvgIpc) is 3.13. The van der Waals surface area contributed by atoms with E-state index in [0.717, 1.165) is 47.9 Å². The summed E-state index contributed by atoms with van der Waals surface area (Å²) < 4.78 is 13.4. The maximum absolute atomic E-state index is 14.2. The monoisotopic (exact) mass is 642 g/mol. The van der Waals surface area contributed by atoms with Crippen LogP contribution in [0.3, 0.4) is 0 Å². The number of aromatic nitrogens is 2. The van der Waals surface area contributed by atoms with E-state index in [1.54, 1.807) is 13.1 Å². The quantitative estimate of drug-likeness (QED) is 0.157. The number of nitrogens with zero attached hydrogens (tertiary/aromatic N) is 2. The van der Waals surface area contributed by atoms with Gasteiger partial charge in [0.05, 0.1) is 17.6 Å². The molecule has 0 aliphatic heterocycles. The fraction of sp³-hybridized carbons (Fsp3) is 0.366. The van der Waals surface area contributed by atoms with Crippen LogP contribution in [0.2, 0.25) is 0 Å². The molecule has 0 saturated heterocycles. The molecule has 7 nitrogen and oxygen atoms in total. The Hall–Kier alpha value is -4.78. The highest BCUT2D eigenvalue weighted by Gasteiger charge is 2.26. The fourth-order valence-electron chi connectivity index (χ4n) is 7.65. The van der Waals surface area contributed by atoms with Crippen LogP contribution in [0.25, 0.3) is 21.8 Å². The highest BCUT2D eigenvalue weighted by Crippen LogP contribution is 2.37. The standard InChI is InChI=1S/C41H42N2O5/c1-2-47-40(45)34-24-42-36-20-18-30(28-14-8-4-9-15-28)22-32(36)39(34)48-41(46)35-26-43(25-27-12-6-3-7-13-27)37-21-19-31(23-33(37)38(35)44)29-16-10-5-11-17-29/h3,6-7,12-13,18-24,26,28-29H,2,4-5,8-11,14-17,25H2,1H3. The Kier molecular flexibility index (Phi) is 9.37. The van der Waals surface area contributed by atoms with E-state index in [9.17, 15) is 14.4 Å². The first kappa shape index (κ1) is 31.8. The molecule has 48 heavy (non-hydrogen) atoms. The minimum absolute atomic E-state index is 0.0588. The lowest BCUT2D eigenvalue weighted by Gasteiger charge is -2.23. The predicted octanol–water partition coefficient (Wildman–Crippen LogP) is 9.09. The van der Waals surface area contributed by atoms with Gasteiger partial charge in [-0.05, 0) is 85.4 Å². The van der Waals surface area contributed by atoms with E-state index in [1.165, 1.54) is 44.7 Å². The number of rotatable bonds is 8. The topological polar surface area (TPSA) is 87.5 Å². The van der Waals surface area contributed by atoms with Crippen molar-refractivity contribution in [3.63, 3.8) is 0 Å². The van der Waals surface area contributed by atoms with Crippen molar-refractivity contribution in [2.24, 2.45) is 0 Å². The molecule has 2 heterocycles. The Morgan fingerprint density at radius 3 is 2.08 bits per heavy atom. The Morgan fingerprint density at radius 1 is 0.771 bits per heavy atom. The molecular weight excluding hydrogens is 600 g/mol. The molecule has 2 aliphatic carbocycles. The highest BCUT2D eigenvalue weighted by atomic mass is 16.5. The Labute approximate surface area is 280 Å². The van der Waals surface area contributed by atoms with Crippen LogP contribution in [0.15, 0.2) is 83.9 Å². The summed E-state index contributed by atoms with van der Waals surface area (Å²) in [6.45, 7) is 2.35. The molecule has 0 amide bonds. The number of benzene rings is 3. The van der Waals surface area contributed by atoms with Gasteiger partial charge in [0.1, 0.15) is 11.1 Å². The third-order valence-electron chi connectivity index (χ3n) is 10.2. The third-order valence-corrected chi connectivity index (χ3v) is 10.2. The molecule has 7 rings (SSSR count). The van der Waals surface area contributed by atoms with Gasteiger partial charge in [0.2, 0.25) is 5.43 Å². The minimum Gasteiger partial charge on any atom is -0.462 e. The molecule has 5 aromatic rings. The number of ether oxygens (including phenoxy) is 2. The van der Waals surface area contributed by atoms with Gasteiger partial charge in [-0.2, -0.15) is 0 Å². The van der Waals surface area contributed by atoms with Gasteiger partial charge in [-0.15, -0.1) is 0 Å². The second-order valence-corrected chi connectivity index (χ2v) is 13.3. The summed E-state index contributed by atoms with van der Waals surface area (Å²) in [7, 11) is 0. The van der Waals surface area contributed by atoms with Gasteiger partial charge in [0.15, 0.2) is 5.75 Å². The van der Waals surface area contributed by atoms with E-state index >= 15 is 0 Å². The van der Waals surface area contributed by atoms with Gasteiger partial charge in [-0.3, -0.25) is 9.78 Å². The lowest BCUT2D eigenvalue weighted by Crippen LogP contribution is -2.24. The molecular formula is C41H42N2O5. The molecule has 0 bridgehead atoms. The molecule has 0 radical (unpaired) electrons. The van der Waals surface area contributed by atoms with E-state index in [1.807, 2.05) is 59.2 Å². The van der Waals surface area contributed by atoms with Crippen LogP contribution >= 0.6 is 0 Å². The molecule has 7 heteroatoms. The number of hydrogen-bond donors (Lipinski definition) is 0. The van der Waals surface area contributed by atoms with Crippen molar-refractivity contribution >= 4 is 33.7 Å². The van der Waals surface area contributed by atoms with Gasteiger partial charge < -0.3 is 14.0 Å². The van der Waals surface area contributed by atoms with Crippen LogP contribution in [0.4, 0.5) is 0 Å². The van der Waals surface area contributed by atoms with Crippen molar-refractivity contribution in [1.82, 2.24) is 9.55 Å². The Morgan fingerprint density at radius 2 is 1.42 bits per heavy atom. The minimum atomic E-state index is -0.812. The first-order valence-electron chi connectivity index (χ1n) is 17.5. The number of carbonyl (C=O) groups excluding carboxylic acids is 2. The lowest BCUT2D eigenvalue weighted by molar-refractivity contribution is 0.0520. The lowest BCUT2D eigenvalue weighted by atomic mass is 9.83. The van der Waals surface area contributed by atoms with Crippen molar-refractivity contribution in [2.45, 2.75) is 89.5 Å². The predicted molar refractivity (Wildman–Crippen MR) is 188 cm³/mol. The molecule has 2 aliphatic rings. The third kappa shape index (κ3) is 6.51. The molecule has 2 saturated carbocycles. The first-order chi connectivity index (χ1) is 23.5. The molecule has 2 fully saturated rings. The van der Waals surface area contributed by atoms with Crippen molar-refractivity contribution in [3.8, 4) is 5.75 Å². The summed E-state index contributed by atoms with van der Waals surface area (Å²) >= 11 is 0. The van der Waals surface area contributed by atoms with Crippen LogP contribution in [0.5, 0.6) is 5.75 Å². The van der Waals surface area contributed by atoms with Gasteiger partial charge in [-0.1, -0.05) is 81.0 Å². The van der Waals surface area contributed by atoms with Crippen molar-refractivity contribution < 1.29 is 19.1 Å². The maximum atomic E-state index is 14.2. The van der Waals surface area contributed by atoms with E-state index in [-0.39, 0.29) is 28.9 Å². The summed E-state index contributed by atoms with van der Waals surface area (Å²) in [5, 5.41) is 1.05. The van der Waals surface area contributed by atoms with E-state index in [2.05, 4.69) is 17.1 Å². The van der Waals surface area contributed by atoms with Crippen LogP contribution in [-0.2, 0) is 11.3 Å². The molecule has 3 aromatic carbocycles. The largest absolute Gasteiger partial charge is 0.462 e. The van der Waals surface area contributed by atoms with E-state index < -0.39 is 11.9 Å². The Balaban J connectivity index is 1.34. The number of pyridine rings is 2. The first-order valence-corrected chi connectivity index (χ1v) is 17.5. The fourth-order valence-corrected chi connectivity index (χ4v) is 7.65. The Bertz CT molecular complexity index is 2020. The van der Waals surface area contributed by atoms with Crippen LogP contribution in [0.1, 0.15) is 120 Å². The smallest absolute Gasteiger partial charge is 0.349 e. The summed E-state index contributed by atoms with van der Waals surface area (Å²) in [4.78, 5) is 46.2. The molecule has 0 spiro atoms. The van der Waals surface area contributed by atoms with Crippen LogP contribution in [-0.4, -0.2) is 28.1 Å². The summed E-state index contributed by atoms with van der Waals surface area (Å²) in [6, 6.07) is 22.1. The summed E-state index contributed by atoms with van der Waals surface area (Å²) in [5.74, 6) is -0.578. The zero-order valence-corrected chi connectivity index (χ0v) is 27.6. The van der Waals surface area contributed by atoms with Crippen molar-refractivity contribution in [3.05, 3.63) is 117 Å². The highest BCUT2D eigenvalue weighted by molar-refractivity contribution is 6.03. The SMILES string of the molecule is CCOC(=O)c1cnc2ccc(C3CCCCC3)cc2c1OC(=O)c1cn(Cc2ccccc2)c2ccc(C3CCCCC3)cc2c1=O. The van der Waals surface area contributed by atoms with Gasteiger partial charge >= 0.3 is 11.9 Å². The van der Waals surface area contributed by atoms with Gasteiger partial charge in [0, 0.05) is 29.7 Å². The number of fused-ring (bicyclic) bond motifs is 2.